The molecule has 0 unspecified atom stereocenters. The number of benzene rings is 1. The zero-order valence-electron chi connectivity index (χ0n) is 23.6. The van der Waals surface area contributed by atoms with E-state index in [1.165, 1.54) is 6.42 Å². The van der Waals surface area contributed by atoms with Gasteiger partial charge in [0.2, 0.25) is 11.6 Å². The molecular formula is C32H44O7. The Morgan fingerprint density at radius 2 is 1.62 bits per heavy atom. The third-order valence-corrected chi connectivity index (χ3v) is 12.2. The first-order valence-electron chi connectivity index (χ1n) is 15.3. The van der Waals surface area contributed by atoms with E-state index in [1.54, 1.807) is 0 Å². The van der Waals surface area contributed by atoms with E-state index in [0.717, 1.165) is 25.7 Å². The zero-order chi connectivity index (χ0) is 27.0. The maximum atomic E-state index is 13.5. The molecule has 7 rings (SSSR count). The molecule has 4 saturated carbocycles. The Morgan fingerprint density at radius 1 is 0.949 bits per heavy atom. The van der Waals surface area contributed by atoms with Gasteiger partial charge < -0.3 is 28.8 Å². The molecule has 214 valence electrons. The van der Waals surface area contributed by atoms with Crippen molar-refractivity contribution in [3.05, 3.63) is 35.9 Å². The number of hydrogen-bond acceptors (Lipinski definition) is 7. The molecule has 9 atom stereocenters. The van der Waals surface area contributed by atoms with Crippen LogP contribution in [-0.2, 0) is 23.7 Å². The van der Waals surface area contributed by atoms with Gasteiger partial charge in [-0.1, -0.05) is 45.4 Å². The van der Waals surface area contributed by atoms with Crippen LogP contribution in [0.1, 0.15) is 76.1 Å². The van der Waals surface area contributed by atoms with Crippen LogP contribution in [0.25, 0.3) is 0 Å². The van der Waals surface area contributed by atoms with Crippen molar-refractivity contribution in [2.45, 2.75) is 89.5 Å². The highest BCUT2D eigenvalue weighted by molar-refractivity contribution is 5.89. The van der Waals surface area contributed by atoms with Crippen molar-refractivity contribution in [2.24, 2.45) is 40.4 Å². The number of aliphatic hydroxyl groups excluding tert-OH is 1. The molecule has 0 bridgehead atoms. The Bertz CT molecular complexity index is 1080. The van der Waals surface area contributed by atoms with E-state index < -0.39 is 17.7 Å². The van der Waals surface area contributed by atoms with Gasteiger partial charge in [-0.3, -0.25) is 0 Å². The van der Waals surface area contributed by atoms with Gasteiger partial charge >= 0.3 is 5.97 Å². The molecule has 6 aliphatic rings. The number of ether oxygens (including phenoxy) is 5. The molecule has 7 nitrogen and oxygen atoms in total. The van der Waals surface area contributed by atoms with Crippen molar-refractivity contribution >= 4 is 5.97 Å². The summed E-state index contributed by atoms with van der Waals surface area (Å²) < 4.78 is 32.0. The number of rotatable bonds is 3. The molecule has 2 saturated heterocycles. The van der Waals surface area contributed by atoms with Crippen molar-refractivity contribution < 1.29 is 33.6 Å². The average Bonchev–Trinajstić information content (AvgIpc) is 3.66. The molecule has 1 aromatic carbocycles. The first kappa shape index (κ1) is 26.4. The summed E-state index contributed by atoms with van der Waals surface area (Å²) in [4.78, 5) is 13.5. The Labute approximate surface area is 231 Å². The third-order valence-electron chi connectivity index (χ3n) is 12.2. The highest BCUT2D eigenvalue weighted by atomic mass is 16.8. The van der Waals surface area contributed by atoms with Gasteiger partial charge in [0.1, 0.15) is 6.10 Å². The lowest BCUT2D eigenvalue weighted by Crippen LogP contribution is -2.70. The van der Waals surface area contributed by atoms with Crippen molar-refractivity contribution in [1.82, 2.24) is 0 Å². The Balaban J connectivity index is 1.30. The van der Waals surface area contributed by atoms with E-state index in [9.17, 15) is 9.90 Å². The molecule has 2 heterocycles. The summed E-state index contributed by atoms with van der Waals surface area (Å²) in [5.41, 5.74) is 0.353. The lowest BCUT2D eigenvalue weighted by atomic mass is 9.42. The predicted octanol–water partition coefficient (Wildman–Crippen LogP) is 4.96. The van der Waals surface area contributed by atoms with Gasteiger partial charge in [-0.2, -0.15) is 0 Å². The monoisotopic (exact) mass is 540 g/mol. The molecule has 2 spiro atoms. The van der Waals surface area contributed by atoms with Crippen LogP contribution >= 0.6 is 0 Å². The van der Waals surface area contributed by atoms with Crippen LogP contribution in [0.3, 0.4) is 0 Å². The van der Waals surface area contributed by atoms with Gasteiger partial charge in [0.15, 0.2) is 0 Å². The highest BCUT2D eigenvalue weighted by Gasteiger charge is 2.74. The van der Waals surface area contributed by atoms with Crippen molar-refractivity contribution in [1.29, 1.82) is 0 Å². The number of aliphatic hydroxyl groups is 1. The fourth-order valence-electron chi connectivity index (χ4n) is 10.6. The summed E-state index contributed by atoms with van der Waals surface area (Å²) in [6.45, 7) is 9.06. The first-order chi connectivity index (χ1) is 18.8. The molecule has 1 N–H and O–H groups in total. The number of esters is 1. The van der Waals surface area contributed by atoms with Crippen LogP contribution in [0.4, 0.5) is 0 Å². The second-order valence-corrected chi connectivity index (χ2v) is 13.7. The first-order valence-corrected chi connectivity index (χ1v) is 15.3. The molecule has 1 aromatic rings. The maximum Gasteiger partial charge on any atom is 0.338 e. The van der Waals surface area contributed by atoms with Crippen LogP contribution < -0.4 is 0 Å². The lowest BCUT2D eigenvalue weighted by molar-refractivity contribution is -0.394. The SMILES string of the molecule is CC[C@H]1CC[C@H]2[C@H]3[C@H]([C@H](O)C[C@]12C)[C@@]1(C)CC2(OCCO2)C2(C[C@H]1C[C@H]3OC(=O)c1ccccc1)OCCO2. The van der Waals surface area contributed by atoms with Gasteiger partial charge in [-0.25, -0.2) is 4.79 Å². The van der Waals surface area contributed by atoms with Crippen LogP contribution in [-0.4, -0.2) is 61.3 Å². The summed E-state index contributed by atoms with van der Waals surface area (Å²) in [6, 6.07) is 9.31. The van der Waals surface area contributed by atoms with Gasteiger partial charge in [-0.05, 0) is 72.3 Å². The van der Waals surface area contributed by atoms with Gasteiger partial charge in [0, 0.05) is 18.8 Å². The molecule has 6 fully saturated rings. The quantitative estimate of drug-likeness (QED) is 0.543. The summed E-state index contributed by atoms with van der Waals surface area (Å²) in [7, 11) is 0. The molecule has 39 heavy (non-hydrogen) atoms. The minimum atomic E-state index is -0.963. The topological polar surface area (TPSA) is 83.5 Å². The van der Waals surface area contributed by atoms with Crippen molar-refractivity contribution in [3.8, 4) is 0 Å². The molecule has 0 radical (unpaired) electrons. The number of hydrogen-bond donors (Lipinski definition) is 1. The summed E-state index contributed by atoms with van der Waals surface area (Å²) in [6.07, 6.45) is 5.42. The normalized spacial score (nSPS) is 45.6. The molecular weight excluding hydrogens is 496 g/mol. The van der Waals surface area contributed by atoms with Crippen LogP contribution in [0.2, 0.25) is 0 Å². The van der Waals surface area contributed by atoms with Gasteiger partial charge in [0.05, 0.1) is 38.1 Å². The highest BCUT2D eigenvalue weighted by Crippen LogP contribution is 2.70. The van der Waals surface area contributed by atoms with Crippen LogP contribution in [0.5, 0.6) is 0 Å². The smallest absolute Gasteiger partial charge is 0.338 e. The summed E-state index contributed by atoms with van der Waals surface area (Å²) in [5.74, 6) is -1.02. The third kappa shape index (κ3) is 3.69. The van der Waals surface area contributed by atoms with Gasteiger partial charge in [-0.15, -0.1) is 0 Å². The van der Waals surface area contributed by atoms with Crippen LogP contribution in [0.15, 0.2) is 30.3 Å². The molecule has 7 heteroatoms. The van der Waals surface area contributed by atoms with Gasteiger partial charge in [0.25, 0.3) is 0 Å². The minimum Gasteiger partial charge on any atom is -0.458 e. The fourth-order valence-corrected chi connectivity index (χ4v) is 10.6. The molecule has 4 aliphatic carbocycles. The summed E-state index contributed by atoms with van der Waals surface area (Å²) >= 11 is 0. The number of carbonyl (C=O) groups is 1. The van der Waals surface area contributed by atoms with E-state index in [4.69, 9.17) is 23.7 Å². The van der Waals surface area contributed by atoms with Crippen molar-refractivity contribution in [3.63, 3.8) is 0 Å². The lowest BCUT2D eigenvalue weighted by Gasteiger charge is -2.66. The number of fused-ring (bicyclic) bond motifs is 6. The van der Waals surface area contributed by atoms with E-state index in [2.05, 4.69) is 20.8 Å². The van der Waals surface area contributed by atoms with E-state index in [0.29, 0.717) is 56.7 Å². The maximum absolute atomic E-state index is 13.5. The Morgan fingerprint density at radius 3 is 2.28 bits per heavy atom. The second kappa shape index (κ2) is 9.25. The predicted molar refractivity (Wildman–Crippen MR) is 143 cm³/mol. The van der Waals surface area contributed by atoms with Crippen LogP contribution in [0, 0.1) is 40.4 Å². The minimum absolute atomic E-state index is 0.0260. The largest absolute Gasteiger partial charge is 0.458 e. The molecule has 2 aliphatic heterocycles. The standard InChI is InChI=1S/C32H44O7/c1-4-21-10-11-23-26-25(39-28(34)20-8-6-5-7-9-20)16-22-17-31(35-12-13-36-31)32(37-14-15-38-32)19-30(22,3)27(26)24(33)18-29(21,23)2/h5-9,21-27,33H,4,10-19H2,1-3H3/t21-,22+,23-,24+,25+,26+,27-,29+,30-/m0/s1. The Hall–Kier alpha value is -1.51. The zero-order valence-corrected chi connectivity index (χ0v) is 23.6. The fraction of sp³-hybridized carbons (Fsp3) is 0.781. The van der Waals surface area contributed by atoms with E-state index >= 15 is 0 Å². The van der Waals surface area contributed by atoms with Crippen molar-refractivity contribution in [2.75, 3.05) is 26.4 Å². The van der Waals surface area contributed by atoms with E-state index in [-0.39, 0.29) is 40.7 Å². The molecule has 0 aromatic heterocycles. The number of carbonyl (C=O) groups excluding carboxylic acids is 1. The summed E-state index contributed by atoms with van der Waals surface area (Å²) in [5, 5.41) is 12.1. The molecule has 0 amide bonds. The second-order valence-electron chi connectivity index (χ2n) is 13.7. The average molecular weight is 541 g/mol. The Kier molecular flexibility index (Phi) is 6.26. The van der Waals surface area contributed by atoms with E-state index in [1.807, 2.05) is 30.3 Å².